The van der Waals surface area contributed by atoms with E-state index in [-0.39, 0.29) is 12.5 Å². The SMILES string of the molecule is Nc1ccc2c(c1)CCC(=O)N2Cc1c(F)cccc1Cl. The smallest absolute Gasteiger partial charge is 0.227 e. The molecule has 1 heterocycles. The van der Waals surface area contributed by atoms with Crippen molar-refractivity contribution in [3.63, 3.8) is 0 Å². The van der Waals surface area contributed by atoms with Gasteiger partial charge in [-0.15, -0.1) is 0 Å². The van der Waals surface area contributed by atoms with Gasteiger partial charge in [-0.05, 0) is 42.3 Å². The molecule has 2 aromatic carbocycles. The first kappa shape index (κ1) is 13.9. The van der Waals surface area contributed by atoms with Gasteiger partial charge in [0.15, 0.2) is 0 Å². The van der Waals surface area contributed by atoms with Crippen LogP contribution >= 0.6 is 11.6 Å². The molecular weight excluding hydrogens is 291 g/mol. The third-order valence-corrected chi connectivity index (χ3v) is 4.04. The Hall–Kier alpha value is -2.07. The topological polar surface area (TPSA) is 46.3 Å². The summed E-state index contributed by atoms with van der Waals surface area (Å²) in [6, 6.07) is 9.92. The predicted molar refractivity (Wildman–Crippen MR) is 81.8 cm³/mol. The molecule has 0 aromatic heterocycles. The van der Waals surface area contributed by atoms with Crippen molar-refractivity contribution in [1.29, 1.82) is 0 Å². The zero-order valence-electron chi connectivity index (χ0n) is 11.3. The first-order valence-corrected chi connectivity index (χ1v) is 7.05. The van der Waals surface area contributed by atoms with Gasteiger partial charge < -0.3 is 10.6 Å². The number of aryl methyl sites for hydroxylation is 1. The van der Waals surface area contributed by atoms with Crippen LogP contribution in [0.1, 0.15) is 17.5 Å². The van der Waals surface area contributed by atoms with Gasteiger partial charge in [-0.3, -0.25) is 4.79 Å². The van der Waals surface area contributed by atoms with Crippen LogP contribution < -0.4 is 10.6 Å². The molecule has 0 saturated carbocycles. The number of rotatable bonds is 2. The van der Waals surface area contributed by atoms with E-state index in [4.69, 9.17) is 17.3 Å². The van der Waals surface area contributed by atoms with E-state index in [0.717, 1.165) is 11.3 Å². The first-order chi connectivity index (χ1) is 10.1. The third-order valence-electron chi connectivity index (χ3n) is 3.68. The van der Waals surface area contributed by atoms with Gasteiger partial charge in [-0.25, -0.2) is 4.39 Å². The Bertz CT molecular complexity index is 697. The second-order valence-corrected chi connectivity index (χ2v) is 5.48. The van der Waals surface area contributed by atoms with Crippen LogP contribution in [0.15, 0.2) is 36.4 Å². The van der Waals surface area contributed by atoms with Crippen molar-refractivity contribution in [2.45, 2.75) is 19.4 Å². The highest BCUT2D eigenvalue weighted by atomic mass is 35.5. The van der Waals surface area contributed by atoms with Gasteiger partial charge in [0.05, 0.1) is 6.54 Å². The molecule has 2 aromatic rings. The molecule has 0 radical (unpaired) electrons. The van der Waals surface area contributed by atoms with Crippen LogP contribution in [-0.2, 0) is 17.8 Å². The molecule has 0 unspecified atom stereocenters. The van der Waals surface area contributed by atoms with Gasteiger partial charge in [0.25, 0.3) is 0 Å². The second-order valence-electron chi connectivity index (χ2n) is 5.07. The number of halogens is 2. The molecule has 3 nitrogen and oxygen atoms in total. The number of benzene rings is 2. The summed E-state index contributed by atoms with van der Waals surface area (Å²) in [6.45, 7) is 0.126. The minimum absolute atomic E-state index is 0.0356. The Morgan fingerprint density at radius 3 is 2.81 bits per heavy atom. The highest BCUT2D eigenvalue weighted by Crippen LogP contribution is 2.32. The number of nitrogens with two attached hydrogens (primary N) is 1. The van der Waals surface area contributed by atoms with Crippen molar-refractivity contribution in [2.24, 2.45) is 0 Å². The lowest BCUT2D eigenvalue weighted by molar-refractivity contribution is -0.119. The number of carbonyl (C=O) groups excluding carboxylic acids is 1. The van der Waals surface area contributed by atoms with Crippen LogP contribution in [-0.4, -0.2) is 5.91 Å². The summed E-state index contributed by atoms with van der Waals surface area (Å²) in [5.74, 6) is -0.440. The summed E-state index contributed by atoms with van der Waals surface area (Å²) in [4.78, 5) is 13.8. The largest absolute Gasteiger partial charge is 0.399 e. The Morgan fingerprint density at radius 1 is 1.24 bits per heavy atom. The summed E-state index contributed by atoms with van der Waals surface area (Å²) in [5.41, 5.74) is 8.55. The molecule has 0 spiro atoms. The van der Waals surface area contributed by atoms with E-state index in [9.17, 15) is 9.18 Å². The third kappa shape index (κ3) is 2.59. The number of nitrogens with zero attached hydrogens (tertiary/aromatic N) is 1. The Labute approximate surface area is 127 Å². The van der Waals surface area contributed by atoms with Crippen LogP contribution in [0.2, 0.25) is 5.02 Å². The van der Waals surface area contributed by atoms with E-state index in [2.05, 4.69) is 0 Å². The molecule has 1 aliphatic heterocycles. The number of amides is 1. The van der Waals surface area contributed by atoms with Gasteiger partial charge in [-0.2, -0.15) is 0 Å². The molecular formula is C16H14ClFN2O. The monoisotopic (exact) mass is 304 g/mol. The molecule has 0 fully saturated rings. The first-order valence-electron chi connectivity index (χ1n) is 6.68. The number of hydrogen-bond donors (Lipinski definition) is 1. The molecule has 0 saturated heterocycles. The fourth-order valence-electron chi connectivity index (χ4n) is 2.59. The van der Waals surface area contributed by atoms with E-state index in [0.29, 0.717) is 29.1 Å². The second kappa shape index (κ2) is 5.37. The zero-order valence-corrected chi connectivity index (χ0v) is 12.0. The quantitative estimate of drug-likeness (QED) is 0.863. The molecule has 0 bridgehead atoms. The van der Waals surface area contributed by atoms with E-state index < -0.39 is 5.82 Å². The molecule has 3 rings (SSSR count). The average Bonchev–Trinajstić information content (AvgIpc) is 2.45. The maximum atomic E-state index is 13.9. The molecule has 2 N–H and O–H groups in total. The minimum Gasteiger partial charge on any atom is -0.399 e. The molecule has 0 aliphatic carbocycles. The zero-order chi connectivity index (χ0) is 15.0. The predicted octanol–water partition coefficient (Wildman–Crippen LogP) is 3.54. The summed E-state index contributed by atoms with van der Waals surface area (Å²) in [5, 5.41) is 0.324. The maximum Gasteiger partial charge on any atom is 0.227 e. The number of nitrogen functional groups attached to an aromatic ring is 1. The minimum atomic E-state index is -0.405. The van der Waals surface area contributed by atoms with Crippen LogP contribution in [0, 0.1) is 5.82 Å². The number of carbonyl (C=O) groups is 1. The highest BCUT2D eigenvalue weighted by molar-refractivity contribution is 6.31. The lowest BCUT2D eigenvalue weighted by Crippen LogP contribution is -2.35. The lowest BCUT2D eigenvalue weighted by Gasteiger charge is -2.30. The van der Waals surface area contributed by atoms with Gasteiger partial charge >= 0.3 is 0 Å². The molecule has 1 aliphatic rings. The van der Waals surface area contributed by atoms with Gasteiger partial charge in [0, 0.05) is 28.4 Å². The average molecular weight is 305 g/mol. The van der Waals surface area contributed by atoms with E-state index in [1.165, 1.54) is 6.07 Å². The summed E-state index contributed by atoms with van der Waals surface area (Å²) < 4.78 is 13.9. The van der Waals surface area contributed by atoms with E-state index >= 15 is 0 Å². The fraction of sp³-hybridized carbons (Fsp3) is 0.188. The number of hydrogen-bond acceptors (Lipinski definition) is 2. The van der Waals surface area contributed by atoms with E-state index in [1.54, 1.807) is 29.2 Å². The van der Waals surface area contributed by atoms with Crippen molar-refractivity contribution in [1.82, 2.24) is 0 Å². The lowest BCUT2D eigenvalue weighted by atomic mass is 9.99. The summed E-state index contributed by atoms with van der Waals surface area (Å²) >= 11 is 6.05. The molecule has 0 atom stereocenters. The Morgan fingerprint density at radius 2 is 2.05 bits per heavy atom. The maximum absolute atomic E-state index is 13.9. The number of anilines is 2. The Balaban J connectivity index is 2.01. The van der Waals surface area contributed by atoms with Crippen LogP contribution in [0.3, 0.4) is 0 Å². The molecule has 5 heteroatoms. The van der Waals surface area contributed by atoms with Crippen LogP contribution in [0.5, 0.6) is 0 Å². The van der Waals surface area contributed by atoms with Crippen LogP contribution in [0.25, 0.3) is 0 Å². The van der Waals surface area contributed by atoms with Crippen molar-refractivity contribution < 1.29 is 9.18 Å². The van der Waals surface area contributed by atoms with Crippen LogP contribution in [0.4, 0.5) is 15.8 Å². The molecule has 1 amide bonds. The van der Waals surface area contributed by atoms with Crippen molar-refractivity contribution in [3.05, 3.63) is 58.4 Å². The van der Waals surface area contributed by atoms with Gasteiger partial charge in [0.2, 0.25) is 5.91 Å². The molecule has 21 heavy (non-hydrogen) atoms. The fourth-order valence-corrected chi connectivity index (χ4v) is 2.82. The summed E-state index contributed by atoms with van der Waals surface area (Å²) in [6.07, 6.45) is 1.04. The number of fused-ring (bicyclic) bond motifs is 1. The van der Waals surface area contributed by atoms with Crippen molar-refractivity contribution >= 4 is 28.9 Å². The Kier molecular flexibility index (Phi) is 3.55. The van der Waals surface area contributed by atoms with E-state index in [1.807, 2.05) is 6.07 Å². The molecule has 108 valence electrons. The normalized spacial score (nSPS) is 14.2. The van der Waals surface area contributed by atoms with Gasteiger partial charge in [0.1, 0.15) is 5.82 Å². The highest BCUT2D eigenvalue weighted by Gasteiger charge is 2.25. The van der Waals surface area contributed by atoms with Crippen molar-refractivity contribution in [3.8, 4) is 0 Å². The van der Waals surface area contributed by atoms with Crippen molar-refractivity contribution in [2.75, 3.05) is 10.6 Å². The standard InChI is InChI=1S/C16H14ClFN2O/c17-13-2-1-3-14(18)12(13)9-20-15-6-5-11(19)8-10(15)4-7-16(20)21/h1-3,5-6,8H,4,7,9,19H2. The van der Waals surface area contributed by atoms with Gasteiger partial charge in [-0.1, -0.05) is 17.7 Å². The summed E-state index contributed by atoms with van der Waals surface area (Å²) in [7, 11) is 0.